The van der Waals surface area contributed by atoms with Crippen LogP contribution in [0, 0.1) is 13.8 Å². The first kappa shape index (κ1) is 17.2. The summed E-state index contributed by atoms with van der Waals surface area (Å²) in [6.45, 7) is 4.02. The zero-order valence-electron chi connectivity index (χ0n) is 14.1. The van der Waals surface area contributed by atoms with Crippen molar-refractivity contribution in [3.8, 4) is 0 Å². The summed E-state index contributed by atoms with van der Waals surface area (Å²) in [6.07, 6.45) is 0.108. The van der Waals surface area contributed by atoms with Crippen LogP contribution in [0.1, 0.15) is 17.5 Å². The number of para-hydroxylation sites is 1. The van der Waals surface area contributed by atoms with E-state index in [2.05, 4.69) is 21.7 Å². The van der Waals surface area contributed by atoms with Crippen molar-refractivity contribution >= 4 is 40.1 Å². The zero-order chi connectivity index (χ0) is 17.8. The number of anilines is 1. The molecule has 1 saturated heterocycles. The standard InChI is InChI=1S/C19H19N3O2S/c1-12-8-13(2)10-15(9-12)21-19-22-18(24)16(25-19)11-17(23)20-14-6-4-3-5-7-14/h3-10,16H,11H2,1-2H3,(H,20,23)(H,21,22,24)/t16-/m1/s1. The van der Waals surface area contributed by atoms with Crippen LogP contribution in [0.4, 0.5) is 11.4 Å². The van der Waals surface area contributed by atoms with Crippen LogP contribution in [-0.4, -0.2) is 22.2 Å². The number of carbonyl (C=O) groups excluding carboxylic acids is 2. The van der Waals surface area contributed by atoms with Crippen molar-refractivity contribution in [2.75, 3.05) is 5.32 Å². The lowest BCUT2D eigenvalue weighted by Gasteiger charge is -2.07. The summed E-state index contributed by atoms with van der Waals surface area (Å²) >= 11 is 1.29. The van der Waals surface area contributed by atoms with Crippen molar-refractivity contribution in [1.82, 2.24) is 5.32 Å². The molecule has 0 unspecified atom stereocenters. The highest BCUT2D eigenvalue weighted by atomic mass is 32.2. The van der Waals surface area contributed by atoms with E-state index in [1.165, 1.54) is 11.8 Å². The van der Waals surface area contributed by atoms with Crippen LogP contribution in [0.25, 0.3) is 0 Å². The van der Waals surface area contributed by atoms with Crippen molar-refractivity contribution in [2.24, 2.45) is 4.99 Å². The summed E-state index contributed by atoms with van der Waals surface area (Å²) in [4.78, 5) is 28.7. The van der Waals surface area contributed by atoms with Crippen molar-refractivity contribution in [3.63, 3.8) is 0 Å². The van der Waals surface area contributed by atoms with Gasteiger partial charge in [0, 0.05) is 12.1 Å². The minimum atomic E-state index is -0.464. The van der Waals surface area contributed by atoms with Gasteiger partial charge in [0.2, 0.25) is 11.8 Å². The van der Waals surface area contributed by atoms with Gasteiger partial charge in [0.05, 0.1) is 5.69 Å². The second kappa shape index (κ2) is 7.53. The second-order valence-corrected chi connectivity index (χ2v) is 7.17. The van der Waals surface area contributed by atoms with Crippen LogP contribution in [0.2, 0.25) is 0 Å². The lowest BCUT2D eigenvalue weighted by atomic mass is 10.1. The molecule has 3 rings (SSSR count). The van der Waals surface area contributed by atoms with Crippen molar-refractivity contribution in [1.29, 1.82) is 0 Å². The number of rotatable bonds is 4. The maximum Gasteiger partial charge on any atom is 0.240 e. The van der Waals surface area contributed by atoms with Crippen LogP contribution < -0.4 is 10.6 Å². The Morgan fingerprint density at radius 1 is 1.16 bits per heavy atom. The molecule has 128 valence electrons. The molecule has 0 aliphatic carbocycles. The van der Waals surface area contributed by atoms with E-state index < -0.39 is 5.25 Å². The number of aryl methyl sites for hydroxylation is 2. The molecule has 6 heteroatoms. The Morgan fingerprint density at radius 2 is 1.84 bits per heavy atom. The molecule has 2 amide bonds. The van der Waals surface area contributed by atoms with E-state index in [0.717, 1.165) is 22.5 Å². The summed E-state index contributed by atoms with van der Waals surface area (Å²) in [5, 5.41) is 5.62. The summed E-state index contributed by atoms with van der Waals surface area (Å²) < 4.78 is 0. The van der Waals surface area contributed by atoms with Crippen LogP contribution in [0.3, 0.4) is 0 Å². The number of aliphatic imine (C=N–C) groups is 1. The Balaban J connectivity index is 1.64. The topological polar surface area (TPSA) is 70.6 Å². The molecule has 1 heterocycles. The summed E-state index contributed by atoms with van der Waals surface area (Å²) in [5.41, 5.74) is 3.76. The van der Waals surface area contributed by atoms with E-state index in [9.17, 15) is 9.59 Å². The number of amides is 2. The average Bonchev–Trinajstić information content (AvgIpc) is 2.86. The molecule has 0 saturated carbocycles. The zero-order valence-corrected chi connectivity index (χ0v) is 14.9. The van der Waals surface area contributed by atoms with Gasteiger partial charge in [-0.25, -0.2) is 4.99 Å². The smallest absolute Gasteiger partial charge is 0.240 e. The van der Waals surface area contributed by atoms with Crippen LogP contribution in [-0.2, 0) is 9.59 Å². The van der Waals surface area contributed by atoms with E-state index in [1.807, 2.05) is 56.3 Å². The molecule has 1 aliphatic heterocycles. The van der Waals surface area contributed by atoms with Gasteiger partial charge in [0.25, 0.3) is 0 Å². The Kier molecular flexibility index (Phi) is 5.19. The molecule has 1 fully saturated rings. The Morgan fingerprint density at radius 3 is 2.52 bits per heavy atom. The number of nitrogens with zero attached hydrogens (tertiary/aromatic N) is 1. The number of thioether (sulfide) groups is 1. The highest BCUT2D eigenvalue weighted by Crippen LogP contribution is 2.26. The largest absolute Gasteiger partial charge is 0.326 e. The van der Waals surface area contributed by atoms with Gasteiger partial charge in [-0.2, -0.15) is 0 Å². The van der Waals surface area contributed by atoms with Crippen molar-refractivity contribution < 1.29 is 9.59 Å². The van der Waals surface area contributed by atoms with Gasteiger partial charge in [-0.15, -0.1) is 0 Å². The van der Waals surface area contributed by atoms with E-state index >= 15 is 0 Å². The molecule has 5 nitrogen and oxygen atoms in total. The molecule has 2 aromatic carbocycles. The lowest BCUT2D eigenvalue weighted by molar-refractivity contribution is -0.122. The molecule has 2 N–H and O–H groups in total. The summed E-state index contributed by atoms with van der Waals surface area (Å²) in [7, 11) is 0. The Labute approximate surface area is 150 Å². The normalized spacial score (nSPS) is 18.2. The van der Waals surface area contributed by atoms with Gasteiger partial charge in [0.1, 0.15) is 5.25 Å². The SMILES string of the molecule is Cc1cc(C)cc(N=C2NC(=O)[C@@H](CC(=O)Nc3ccccc3)S2)c1. The average molecular weight is 353 g/mol. The van der Waals surface area contributed by atoms with Crippen LogP contribution in [0.15, 0.2) is 53.5 Å². The molecule has 0 spiro atoms. The number of carbonyl (C=O) groups is 2. The van der Waals surface area contributed by atoms with Gasteiger partial charge >= 0.3 is 0 Å². The summed E-state index contributed by atoms with van der Waals surface area (Å²) in [6, 6.07) is 15.2. The molecule has 0 radical (unpaired) electrons. The van der Waals surface area contributed by atoms with Gasteiger partial charge < -0.3 is 10.6 Å². The fourth-order valence-electron chi connectivity index (χ4n) is 2.63. The third-order valence-electron chi connectivity index (χ3n) is 3.64. The first-order chi connectivity index (χ1) is 12.0. The van der Waals surface area contributed by atoms with E-state index in [-0.39, 0.29) is 18.2 Å². The summed E-state index contributed by atoms with van der Waals surface area (Å²) in [5.74, 6) is -0.372. The Bertz CT molecular complexity index is 814. The number of hydrogen-bond acceptors (Lipinski definition) is 4. The van der Waals surface area contributed by atoms with Gasteiger partial charge in [-0.3, -0.25) is 9.59 Å². The number of nitrogens with one attached hydrogen (secondary N) is 2. The van der Waals surface area contributed by atoms with Gasteiger partial charge in [-0.05, 0) is 49.2 Å². The predicted molar refractivity (Wildman–Crippen MR) is 102 cm³/mol. The molecule has 2 aromatic rings. The number of hydrogen-bond donors (Lipinski definition) is 2. The van der Waals surface area contributed by atoms with E-state index in [4.69, 9.17) is 0 Å². The third kappa shape index (κ3) is 4.70. The molecule has 1 atom stereocenters. The van der Waals surface area contributed by atoms with Crippen molar-refractivity contribution in [2.45, 2.75) is 25.5 Å². The van der Waals surface area contributed by atoms with E-state index in [1.54, 1.807) is 0 Å². The van der Waals surface area contributed by atoms with Gasteiger partial charge in [-0.1, -0.05) is 36.0 Å². The number of benzene rings is 2. The third-order valence-corrected chi connectivity index (χ3v) is 4.72. The predicted octanol–water partition coefficient (Wildman–Crippen LogP) is 3.55. The van der Waals surface area contributed by atoms with E-state index in [0.29, 0.717) is 5.17 Å². The highest BCUT2D eigenvalue weighted by Gasteiger charge is 2.32. The molecule has 25 heavy (non-hydrogen) atoms. The molecule has 0 aromatic heterocycles. The quantitative estimate of drug-likeness (QED) is 0.883. The molecule has 1 aliphatic rings. The number of amidine groups is 1. The minimum Gasteiger partial charge on any atom is -0.326 e. The second-order valence-electron chi connectivity index (χ2n) is 5.98. The Hall–Kier alpha value is -2.60. The highest BCUT2D eigenvalue weighted by molar-refractivity contribution is 8.15. The van der Waals surface area contributed by atoms with Gasteiger partial charge in [0.15, 0.2) is 5.17 Å². The fraction of sp³-hybridized carbons (Fsp3) is 0.211. The maximum absolute atomic E-state index is 12.1. The molecule has 0 bridgehead atoms. The minimum absolute atomic E-state index is 0.108. The first-order valence-electron chi connectivity index (χ1n) is 7.99. The van der Waals surface area contributed by atoms with Crippen molar-refractivity contribution in [3.05, 3.63) is 59.7 Å². The fourth-order valence-corrected chi connectivity index (χ4v) is 3.61. The first-order valence-corrected chi connectivity index (χ1v) is 8.87. The van der Waals surface area contributed by atoms with Crippen LogP contribution in [0.5, 0.6) is 0 Å². The van der Waals surface area contributed by atoms with Crippen LogP contribution >= 0.6 is 11.8 Å². The molecular formula is C19H19N3O2S. The lowest BCUT2D eigenvalue weighted by Crippen LogP contribution is -2.28. The molecular weight excluding hydrogens is 334 g/mol. The maximum atomic E-state index is 12.1. The monoisotopic (exact) mass is 353 g/mol.